The zero-order valence-corrected chi connectivity index (χ0v) is 29.9. The van der Waals surface area contributed by atoms with E-state index < -0.39 is 58.8 Å². The second-order valence-corrected chi connectivity index (χ2v) is 14.6. The van der Waals surface area contributed by atoms with E-state index in [1.165, 1.54) is 10.7 Å². The summed E-state index contributed by atoms with van der Waals surface area (Å²) < 4.78 is 65.1. The quantitative estimate of drug-likeness (QED) is 0.152. The van der Waals surface area contributed by atoms with Gasteiger partial charge in [0.15, 0.2) is 5.78 Å². The lowest BCUT2D eigenvalue weighted by atomic mass is 9.84. The van der Waals surface area contributed by atoms with Gasteiger partial charge in [-0.1, -0.05) is 32.0 Å². The third-order valence-corrected chi connectivity index (χ3v) is 10.1. The van der Waals surface area contributed by atoms with Crippen molar-refractivity contribution in [2.45, 2.75) is 103 Å². The summed E-state index contributed by atoms with van der Waals surface area (Å²) in [5.41, 5.74) is 1.31. The average molecular weight is 714 g/mol. The maximum atomic E-state index is 15.8. The first kappa shape index (κ1) is 38.3. The Morgan fingerprint density at radius 1 is 1.08 bits per heavy atom. The van der Waals surface area contributed by atoms with Crippen LogP contribution in [-0.2, 0) is 26.9 Å². The number of alkyl halides is 3. The molecule has 2 fully saturated rings. The summed E-state index contributed by atoms with van der Waals surface area (Å²) in [6.07, 6.45) is -3.28. The number of aryl methyl sites for hydroxylation is 2. The Kier molecular flexibility index (Phi) is 11.9. The number of ketones is 1. The molecular weight excluding hydrogens is 666 g/mol. The number of benzene rings is 2. The standard InChI is InChI=1S/C39H47F4N3O5/c1-22(2)15-33(46-35(48)19-29(25-9-10-25)32(44-46)13-14-45-20-28(21-45)51-5)34(47)12-11-26(18-36(49)50)30-16-27(17-31(38(30)40)39(41,42)43)37-23(3)7-6-8-24(37)4/h6-8,16-17,19,22,25-26,28,33H,9-15,18,20-21H2,1-5H3,(H,49,50)/t26-,33-/m0/s1. The van der Waals surface area contributed by atoms with Crippen molar-refractivity contribution in [3.05, 3.63) is 86.1 Å². The van der Waals surface area contributed by atoms with E-state index >= 15 is 4.39 Å². The molecule has 1 aromatic heterocycles. The molecule has 0 bridgehead atoms. The van der Waals surface area contributed by atoms with Crippen LogP contribution in [0.15, 0.2) is 41.2 Å². The largest absolute Gasteiger partial charge is 0.481 e. The van der Waals surface area contributed by atoms with Crippen molar-refractivity contribution in [2.24, 2.45) is 5.92 Å². The summed E-state index contributed by atoms with van der Waals surface area (Å²) in [6, 6.07) is 7.88. The number of hydrogen-bond acceptors (Lipinski definition) is 6. The molecule has 0 radical (unpaired) electrons. The van der Waals surface area contributed by atoms with E-state index in [9.17, 15) is 32.7 Å². The van der Waals surface area contributed by atoms with Crippen LogP contribution in [0.5, 0.6) is 0 Å². The first-order chi connectivity index (χ1) is 24.1. The minimum absolute atomic E-state index is 0.0260. The number of nitrogens with zero attached hydrogens (tertiary/aromatic N) is 3. The second kappa shape index (κ2) is 15.8. The number of rotatable bonds is 16. The number of methoxy groups -OCH3 is 1. The fraction of sp³-hybridized carbons (Fsp3) is 0.538. The molecular formula is C39H47F4N3O5. The van der Waals surface area contributed by atoms with Crippen molar-refractivity contribution in [2.75, 3.05) is 26.7 Å². The Bertz CT molecular complexity index is 1790. The molecule has 1 saturated heterocycles. The zero-order chi connectivity index (χ0) is 37.2. The third-order valence-electron chi connectivity index (χ3n) is 10.1. The van der Waals surface area contributed by atoms with Crippen LogP contribution < -0.4 is 5.56 Å². The highest BCUT2D eigenvalue weighted by molar-refractivity contribution is 5.82. The lowest BCUT2D eigenvalue weighted by Gasteiger charge is -2.38. The summed E-state index contributed by atoms with van der Waals surface area (Å²) in [5, 5.41) is 14.6. The number of carbonyl (C=O) groups is 2. The topological polar surface area (TPSA) is 102 Å². The fourth-order valence-corrected chi connectivity index (χ4v) is 7.24. The van der Waals surface area contributed by atoms with Gasteiger partial charge in [0.1, 0.15) is 11.9 Å². The smallest absolute Gasteiger partial charge is 0.419 e. The molecule has 3 aromatic rings. The van der Waals surface area contributed by atoms with Gasteiger partial charge in [0, 0.05) is 45.7 Å². The second-order valence-electron chi connectivity index (χ2n) is 14.6. The number of Topliss-reactive ketones (excluding diaryl/α,β-unsaturated/α-hetero) is 1. The van der Waals surface area contributed by atoms with E-state index in [-0.39, 0.29) is 42.8 Å². The number of aromatic nitrogens is 2. The van der Waals surface area contributed by atoms with E-state index in [4.69, 9.17) is 9.84 Å². The third kappa shape index (κ3) is 9.13. The highest BCUT2D eigenvalue weighted by atomic mass is 19.4. The molecule has 0 unspecified atom stereocenters. The van der Waals surface area contributed by atoms with E-state index in [2.05, 4.69) is 4.90 Å². The van der Waals surface area contributed by atoms with Gasteiger partial charge in [-0.25, -0.2) is 9.07 Å². The van der Waals surface area contributed by atoms with Gasteiger partial charge in [0.05, 0.1) is 23.8 Å². The molecule has 1 aliphatic heterocycles. The SMILES string of the molecule is COC1CN(CCc2nn([C@@H](CC(C)C)C(=O)CC[C@@H](CC(=O)O)c3cc(-c4c(C)cccc4C)cc(C(F)(F)F)c3F)c(=O)cc2C2CC2)C1. The Morgan fingerprint density at radius 2 is 1.75 bits per heavy atom. The van der Waals surface area contributed by atoms with Crippen molar-refractivity contribution in [3.63, 3.8) is 0 Å². The Morgan fingerprint density at radius 3 is 2.31 bits per heavy atom. The van der Waals surface area contributed by atoms with Crippen LogP contribution in [-0.4, -0.2) is 64.4 Å². The monoisotopic (exact) mass is 713 g/mol. The molecule has 1 saturated carbocycles. The Hall–Kier alpha value is -3.90. The van der Waals surface area contributed by atoms with Crippen molar-refractivity contribution >= 4 is 11.8 Å². The van der Waals surface area contributed by atoms with Crippen LogP contribution >= 0.6 is 0 Å². The molecule has 2 aromatic carbocycles. The predicted molar refractivity (Wildman–Crippen MR) is 185 cm³/mol. The van der Waals surface area contributed by atoms with E-state index in [1.807, 2.05) is 13.8 Å². The van der Waals surface area contributed by atoms with Gasteiger partial charge in [-0.15, -0.1) is 0 Å². The molecule has 1 N–H and O–H groups in total. The van der Waals surface area contributed by atoms with Crippen LogP contribution in [0, 0.1) is 25.6 Å². The van der Waals surface area contributed by atoms with E-state index in [0.717, 1.165) is 49.8 Å². The zero-order valence-electron chi connectivity index (χ0n) is 29.9. The Balaban J connectivity index is 1.47. The predicted octanol–water partition coefficient (Wildman–Crippen LogP) is 7.63. The maximum Gasteiger partial charge on any atom is 0.419 e. The average Bonchev–Trinajstić information content (AvgIpc) is 3.87. The first-order valence-electron chi connectivity index (χ1n) is 17.7. The number of aliphatic carboxylic acids is 1. The summed E-state index contributed by atoms with van der Waals surface area (Å²) in [4.78, 5) is 41.8. The summed E-state index contributed by atoms with van der Waals surface area (Å²) in [6.45, 7) is 9.61. The molecule has 1 aliphatic carbocycles. The van der Waals surface area contributed by atoms with Crippen LogP contribution in [0.25, 0.3) is 11.1 Å². The lowest BCUT2D eigenvalue weighted by Crippen LogP contribution is -2.52. The molecule has 12 heteroatoms. The minimum atomic E-state index is -5.05. The molecule has 5 rings (SSSR count). The van der Waals surface area contributed by atoms with E-state index in [0.29, 0.717) is 23.1 Å². The number of halogens is 4. The van der Waals surface area contributed by atoms with Crippen LogP contribution in [0.1, 0.15) is 104 Å². The number of likely N-dealkylation sites (tertiary alicyclic amines) is 1. The Labute approximate surface area is 295 Å². The van der Waals surface area contributed by atoms with E-state index in [1.54, 1.807) is 45.2 Å². The number of carboxylic acid groups (broad SMARTS) is 1. The molecule has 51 heavy (non-hydrogen) atoms. The van der Waals surface area contributed by atoms with Crippen molar-refractivity contribution in [1.29, 1.82) is 0 Å². The van der Waals surface area contributed by atoms with Crippen molar-refractivity contribution in [1.82, 2.24) is 14.7 Å². The molecule has 276 valence electrons. The van der Waals surface area contributed by atoms with Gasteiger partial charge in [-0.05, 0) is 103 Å². The highest BCUT2D eigenvalue weighted by Gasteiger charge is 2.38. The van der Waals surface area contributed by atoms with Crippen molar-refractivity contribution < 1.29 is 37.0 Å². The molecule has 0 amide bonds. The van der Waals surface area contributed by atoms with Gasteiger partial charge in [0.2, 0.25) is 0 Å². The molecule has 0 spiro atoms. The molecule has 2 heterocycles. The molecule has 2 atom stereocenters. The van der Waals surface area contributed by atoms with Gasteiger partial charge in [-0.3, -0.25) is 19.3 Å². The summed E-state index contributed by atoms with van der Waals surface area (Å²) in [5.74, 6) is -4.32. The van der Waals surface area contributed by atoms with Gasteiger partial charge < -0.3 is 9.84 Å². The molecule has 8 nitrogen and oxygen atoms in total. The van der Waals surface area contributed by atoms with Crippen LogP contribution in [0.2, 0.25) is 0 Å². The number of ether oxygens (including phenoxy) is 1. The van der Waals surface area contributed by atoms with Gasteiger partial charge in [-0.2, -0.15) is 18.3 Å². The minimum Gasteiger partial charge on any atom is -0.481 e. The maximum absolute atomic E-state index is 15.8. The highest BCUT2D eigenvalue weighted by Crippen LogP contribution is 2.42. The summed E-state index contributed by atoms with van der Waals surface area (Å²) in [7, 11) is 1.68. The van der Waals surface area contributed by atoms with Gasteiger partial charge >= 0.3 is 12.1 Å². The first-order valence-corrected chi connectivity index (χ1v) is 17.7. The van der Waals surface area contributed by atoms with Crippen LogP contribution in [0.4, 0.5) is 17.6 Å². The number of hydrogen-bond donors (Lipinski definition) is 1. The number of carboxylic acids is 1. The lowest BCUT2D eigenvalue weighted by molar-refractivity contribution is -0.140. The van der Waals surface area contributed by atoms with Crippen LogP contribution in [0.3, 0.4) is 0 Å². The number of carbonyl (C=O) groups excluding carboxylic acids is 1. The molecule has 2 aliphatic rings. The normalized spacial score (nSPS) is 16.7. The summed E-state index contributed by atoms with van der Waals surface area (Å²) >= 11 is 0. The fourth-order valence-electron chi connectivity index (χ4n) is 7.24. The van der Waals surface area contributed by atoms with Crippen molar-refractivity contribution in [3.8, 4) is 11.1 Å². The van der Waals surface area contributed by atoms with Gasteiger partial charge in [0.25, 0.3) is 5.56 Å².